The van der Waals surface area contributed by atoms with Crippen molar-refractivity contribution in [3.05, 3.63) is 45.0 Å². The monoisotopic (exact) mass is 1100 g/mol. The Labute approximate surface area is 427 Å². The summed E-state index contributed by atoms with van der Waals surface area (Å²) in [4.78, 5) is 148. The van der Waals surface area contributed by atoms with Gasteiger partial charge in [0.1, 0.15) is 56.5 Å². The summed E-state index contributed by atoms with van der Waals surface area (Å²) in [5.74, 6) is -8.23. The van der Waals surface area contributed by atoms with Gasteiger partial charge in [0.2, 0.25) is 23.6 Å². The lowest BCUT2D eigenvalue weighted by Crippen LogP contribution is -2.49. The van der Waals surface area contributed by atoms with Gasteiger partial charge in [0.25, 0.3) is 5.91 Å². The minimum atomic E-state index is -1.27. The molecule has 0 bridgehead atoms. The smallest absolute Gasteiger partial charge is 0.361 e. The van der Waals surface area contributed by atoms with Crippen LogP contribution in [0.15, 0.2) is 22.2 Å². The highest BCUT2D eigenvalue weighted by molar-refractivity contribution is 8.76. The third-order valence-corrected chi connectivity index (χ3v) is 12.8. The molecule has 4 heterocycles. The summed E-state index contributed by atoms with van der Waals surface area (Å²) in [5.41, 5.74) is 9.42. The molecule has 0 fully saturated rings. The van der Waals surface area contributed by atoms with Gasteiger partial charge in [0.05, 0.1) is 0 Å². The van der Waals surface area contributed by atoms with E-state index in [-0.39, 0.29) is 78.8 Å². The molecule has 0 aliphatic heterocycles. The van der Waals surface area contributed by atoms with Gasteiger partial charge in [-0.05, 0) is 25.0 Å². The summed E-state index contributed by atoms with van der Waals surface area (Å²) in [6.07, 6.45) is 2.02. The average Bonchev–Trinajstić information content (AvgIpc) is 4.00. The number of carbonyl (C=O) groups excluding carboxylic acids is 6. The van der Waals surface area contributed by atoms with Crippen LogP contribution < -0.4 is 49.4 Å². The Balaban J connectivity index is 0.000000390. The number of rotatable bonds is 30. The van der Waals surface area contributed by atoms with Crippen molar-refractivity contribution in [1.29, 1.82) is 0 Å². The second kappa shape index (κ2) is 30.3. The number of carbonyl (C=O) groups is 10. The molecule has 0 spiro atoms. The highest BCUT2D eigenvalue weighted by atomic mass is 33.1. The third-order valence-electron chi connectivity index (χ3n) is 9.29. The van der Waals surface area contributed by atoms with Crippen molar-refractivity contribution >= 4 is 104 Å². The Morgan fingerprint density at radius 1 is 0.662 bits per heavy atom. The molecule has 0 saturated heterocycles. The Kier molecular flexibility index (Phi) is 24.8. The van der Waals surface area contributed by atoms with Gasteiger partial charge >= 0.3 is 41.2 Å². The molecule has 0 aliphatic rings. The number of carboxylic acid groups (broad SMARTS) is 4. The third kappa shape index (κ3) is 19.7. The quantitative estimate of drug-likeness (QED) is 0.0131. The Morgan fingerprint density at radius 3 is 1.62 bits per heavy atom. The summed E-state index contributed by atoms with van der Waals surface area (Å²) in [6, 6.07) is -4.64. The van der Waals surface area contributed by atoms with Crippen LogP contribution in [-0.4, -0.2) is 202 Å². The van der Waals surface area contributed by atoms with E-state index in [0.717, 1.165) is 35.3 Å². The van der Waals surface area contributed by atoms with Gasteiger partial charge in [-0.1, -0.05) is 32.0 Å². The molecule has 5 amide bonds. The lowest BCUT2D eigenvalue weighted by Gasteiger charge is -2.18. The topological polar surface area (TPSA) is 503 Å². The maximum Gasteiger partial charge on any atom is 0.361 e. The van der Waals surface area contributed by atoms with E-state index < -0.39 is 108 Å². The highest BCUT2D eigenvalue weighted by Crippen LogP contribution is 2.22. The molecule has 404 valence electrons. The zero-order chi connectivity index (χ0) is 55.1. The number of nitrogens with two attached hydrogens (primary N) is 2. The molecule has 74 heavy (non-hydrogen) atoms. The largest absolute Gasteiger partial charge is 0.480 e. The van der Waals surface area contributed by atoms with Crippen LogP contribution in [0.25, 0.3) is 11.3 Å². The molecule has 0 aliphatic carbocycles. The number of ether oxygens (including phenoxy) is 1. The molecule has 1 unspecified atom stereocenters. The number of hydrogen-bond acceptors (Lipinski definition) is 24. The van der Waals surface area contributed by atoms with Crippen LogP contribution in [-0.2, 0) is 57.2 Å². The van der Waals surface area contributed by atoms with Crippen molar-refractivity contribution in [1.82, 2.24) is 75.3 Å². The molecular formula is C37H51N17O17S3. The van der Waals surface area contributed by atoms with Gasteiger partial charge in [0.15, 0.2) is 22.7 Å². The first-order valence-corrected chi connectivity index (χ1v) is 25.0. The van der Waals surface area contributed by atoms with Crippen molar-refractivity contribution in [3.8, 4) is 0 Å². The number of thioether (sulfide) groups is 1. The second-order valence-electron chi connectivity index (χ2n) is 14.9. The molecule has 34 nitrogen and oxygen atoms in total. The van der Waals surface area contributed by atoms with Gasteiger partial charge in [0, 0.05) is 50.7 Å². The number of esters is 1. The predicted octanol–water partition coefficient (Wildman–Crippen LogP) is -6.21. The van der Waals surface area contributed by atoms with Crippen LogP contribution in [0.2, 0.25) is 0 Å². The number of nitrogens with zero attached hydrogens (tertiary/aromatic N) is 10. The molecule has 0 aromatic carbocycles. The zero-order valence-corrected chi connectivity index (χ0v) is 41.6. The summed E-state index contributed by atoms with van der Waals surface area (Å²) >= 11 is 1.27. The summed E-state index contributed by atoms with van der Waals surface area (Å²) < 4.78 is 9.23. The molecule has 4 rings (SSSR count). The van der Waals surface area contributed by atoms with Gasteiger partial charge in [-0.3, -0.25) is 43.2 Å². The highest BCUT2D eigenvalue weighted by Gasteiger charge is 2.25. The standard InChI is InChI=1S/C19H27N9O8S.C18H24N8O9S2/c1-27-19(36)28-9-23-14(15(28)25-26-27)17(33)21-5-2-6-37-8-11(16(32)22-7-13(30)31)24-12(29)4-3-10(20)18(34)35;1-25-18(34)26-8-21-13(14(26)23-24-25)17(33)35-4-5-36-37-7-10(15(30)20-6-12(28)29)22-11(27)3-2-9(19)16(31)32/h9-11H,2-8,20H2,1H3,(H,21,33)(H,22,32)(H,24,29)(H,30,31)(H,34,35);8-10H,2-7,19H2,1H3,(H,20,30)(H,22,27)(H,28,29)(H,31,32)/t10?,11-;9-,10-/m00/s1. The fourth-order valence-corrected chi connectivity index (χ4v) is 8.41. The molecule has 13 N–H and O–H groups in total. The first kappa shape index (κ1) is 60.5. The van der Waals surface area contributed by atoms with E-state index in [9.17, 15) is 57.5 Å². The fourth-order valence-electron chi connectivity index (χ4n) is 5.43. The van der Waals surface area contributed by atoms with Crippen LogP contribution in [0.4, 0.5) is 0 Å². The van der Waals surface area contributed by atoms with E-state index in [1.807, 2.05) is 0 Å². The molecule has 0 radical (unpaired) electrons. The molecule has 0 saturated carbocycles. The van der Waals surface area contributed by atoms with Crippen LogP contribution in [0, 0.1) is 0 Å². The number of carboxylic acids is 4. The Morgan fingerprint density at radius 2 is 1.14 bits per heavy atom. The predicted molar refractivity (Wildman–Crippen MR) is 256 cm³/mol. The van der Waals surface area contributed by atoms with E-state index in [1.54, 1.807) is 0 Å². The van der Waals surface area contributed by atoms with Gasteiger partial charge < -0.3 is 63.2 Å². The summed E-state index contributed by atoms with van der Waals surface area (Å²) in [7, 11) is 5.16. The van der Waals surface area contributed by atoms with Gasteiger partial charge in [-0.15, -0.1) is 10.2 Å². The molecule has 37 heteroatoms. The maximum atomic E-state index is 12.4. The van der Waals surface area contributed by atoms with Crippen LogP contribution >= 0.6 is 33.3 Å². The number of aliphatic carboxylic acids is 4. The van der Waals surface area contributed by atoms with Crippen molar-refractivity contribution in [2.24, 2.45) is 25.6 Å². The minimum absolute atomic E-state index is 0.0187. The fraction of sp³-hybridized carbons (Fsp3) is 0.514. The molecule has 4 aromatic rings. The lowest BCUT2D eigenvalue weighted by atomic mass is 10.1. The normalized spacial score (nSPS) is 12.5. The van der Waals surface area contributed by atoms with Crippen LogP contribution in [0.3, 0.4) is 0 Å². The van der Waals surface area contributed by atoms with E-state index in [1.165, 1.54) is 43.0 Å². The first-order chi connectivity index (χ1) is 35.0. The van der Waals surface area contributed by atoms with Gasteiger partial charge in [-0.2, -0.15) is 21.1 Å². The van der Waals surface area contributed by atoms with Crippen molar-refractivity contribution < 1.29 is 73.1 Å². The zero-order valence-electron chi connectivity index (χ0n) is 39.1. The SMILES string of the molecule is Cn1nnc2c(C(=O)NCCCSC[C@H](NC(=O)CCC(N)C(=O)O)C(=O)NCC(=O)O)ncn2c1=O.Cn1nnc2c(C(=O)OCCSSC[C@H](NC(=O)CC[C@H](N)C(=O)O)C(=O)NCC(=O)O)ncn2c1=O. The number of imidazole rings is 2. The Bertz CT molecular complexity index is 2620. The number of amides is 5. The van der Waals surface area contributed by atoms with Crippen LogP contribution in [0.1, 0.15) is 53.1 Å². The van der Waals surface area contributed by atoms with Crippen molar-refractivity contribution in [2.45, 2.75) is 56.3 Å². The number of fused-ring (bicyclic) bond motifs is 2. The lowest BCUT2D eigenvalue weighted by molar-refractivity contribution is -0.140. The molecule has 4 aromatic heterocycles. The summed E-state index contributed by atoms with van der Waals surface area (Å²) in [5, 5.41) is 61.7. The van der Waals surface area contributed by atoms with E-state index in [4.69, 9.17) is 36.6 Å². The van der Waals surface area contributed by atoms with Crippen molar-refractivity contribution in [2.75, 3.05) is 49.3 Å². The Hall–Kier alpha value is -7.77. The van der Waals surface area contributed by atoms with E-state index >= 15 is 0 Å². The first-order valence-electron chi connectivity index (χ1n) is 21.4. The number of hydrogen-bond donors (Lipinski definition) is 11. The van der Waals surface area contributed by atoms with Crippen LogP contribution in [0.5, 0.6) is 0 Å². The number of nitrogens with one attached hydrogen (secondary N) is 5. The number of aromatic nitrogens is 10. The van der Waals surface area contributed by atoms with Gasteiger partial charge in [-0.25, -0.2) is 33.2 Å². The van der Waals surface area contributed by atoms with E-state index in [2.05, 4.69) is 57.2 Å². The summed E-state index contributed by atoms with van der Waals surface area (Å²) in [6.45, 7) is -1.10. The van der Waals surface area contributed by atoms with Crippen molar-refractivity contribution in [3.63, 3.8) is 0 Å². The maximum absolute atomic E-state index is 12.4. The molecular weight excluding hydrogens is 1050 g/mol. The number of aryl methyl sites for hydroxylation is 2. The average molecular weight is 1100 g/mol. The second-order valence-corrected chi connectivity index (χ2v) is 18.7. The minimum Gasteiger partial charge on any atom is -0.480 e. The molecule has 4 atom stereocenters. The van der Waals surface area contributed by atoms with E-state index in [0.29, 0.717) is 12.2 Å².